The van der Waals surface area contributed by atoms with Crippen LogP contribution in [-0.4, -0.2) is 48.0 Å². The van der Waals surface area contributed by atoms with Gasteiger partial charge in [0.15, 0.2) is 5.75 Å². The molecule has 5 nitrogen and oxygen atoms in total. The SMILES string of the molecule is CCNC(c1c(OC)cnn1C)C(C)(C)N(C)C. The highest BCUT2D eigenvalue weighted by Gasteiger charge is 2.36. The zero-order valence-corrected chi connectivity index (χ0v) is 12.6. The molecule has 0 bridgehead atoms. The maximum atomic E-state index is 5.43. The van der Waals surface area contributed by atoms with Crippen LogP contribution in [0.1, 0.15) is 32.5 Å². The Hall–Kier alpha value is -1.07. The summed E-state index contributed by atoms with van der Waals surface area (Å²) in [4.78, 5) is 2.22. The highest BCUT2D eigenvalue weighted by atomic mass is 16.5. The number of nitrogens with one attached hydrogen (secondary N) is 1. The lowest BCUT2D eigenvalue weighted by Crippen LogP contribution is -2.50. The number of hydrogen-bond acceptors (Lipinski definition) is 4. The first-order chi connectivity index (χ1) is 8.36. The molecule has 1 unspecified atom stereocenters. The Morgan fingerprint density at radius 2 is 2.11 bits per heavy atom. The summed E-state index contributed by atoms with van der Waals surface area (Å²) >= 11 is 0. The second-order valence-corrected chi connectivity index (χ2v) is 5.26. The largest absolute Gasteiger partial charge is 0.493 e. The summed E-state index contributed by atoms with van der Waals surface area (Å²) < 4.78 is 7.31. The Labute approximate surface area is 110 Å². The van der Waals surface area contributed by atoms with Crippen LogP contribution in [0.15, 0.2) is 6.20 Å². The summed E-state index contributed by atoms with van der Waals surface area (Å²) in [6.45, 7) is 7.44. The lowest BCUT2D eigenvalue weighted by Gasteiger charge is -2.40. The molecular weight excluding hydrogens is 228 g/mol. The molecule has 1 rings (SSSR count). The van der Waals surface area contributed by atoms with E-state index in [-0.39, 0.29) is 11.6 Å². The molecular formula is C13H26N4O. The Balaban J connectivity index is 3.23. The van der Waals surface area contributed by atoms with E-state index in [0.29, 0.717) is 0 Å². The average molecular weight is 254 g/mol. The summed E-state index contributed by atoms with van der Waals surface area (Å²) in [5.74, 6) is 0.832. The molecule has 0 radical (unpaired) electrons. The number of rotatable bonds is 6. The second kappa shape index (κ2) is 5.71. The Bertz CT molecular complexity index is 384. The van der Waals surface area contributed by atoms with Crippen molar-refractivity contribution in [3.8, 4) is 5.75 Å². The fourth-order valence-electron chi connectivity index (χ4n) is 2.06. The standard InChI is InChI=1S/C13H26N4O/c1-8-14-12(13(2,3)16(4)5)11-10(18-7)9-15-17(11)6/h9,12,14H,8H2,1-7H3. The normalized spacial score (nSPS) is 14.0. The van der Waals surface area contributed by atoms with Crippen LogP contribution in [0, 0.1) is 0 Å². The average Bonchev–Trinajstić information content (AvgIpc) is 2.66. The van der Waals surface area contributed by atoms with Crippen LogP contribution in [0.4, 0.5) is 0 Å². The number of methoxy groups -OCH3 is 1. The van der Waals surface area contributed by atoms with Gasteiger partial charge in [-0.15, -0.1) is 0 Å². The van der Waals surface area contributed by atoms with Crippen LogP contribution in [0.5, 0.6) is 5.75 Å². The smallest absolute Gasteiger partial charge is 0.161 e. The van der Waals surface area contributed by atoms with Gasteiger partial charge in [-0.2, -0.15) is 5.10 Å². The summed E-state index contributed by atoms with van der Waals surface area (Å²) in [7, 11) is 7.82. The van der Waals surface area contributed by atoms with Gasteiger partial charge in [0.05, 0.1) is 25.0 Å². The maximum Gasteiger partial charge on any atom is 0.161 e. The molecule has 1 atom stereocenters. The summed E-state index contributed by atoms with van der Waals surface area (Å²) in [5.41, 5.74) is 1.04. The molecule has 1 aromatic rings. The molecule has 0 aliphatic heterocycles. The highest BCUT2D eigenvalue weighted by Crippen LogP contribution is 2.34. The monoisotopic (exact) mass is 254 g/mol. The second-order valence-electron chi connectivity index (χ2n) is 5.26. The minimum absolute atomic E-state index is 0.0446. The fraction of sp³-hybridized carbons (Fsp3) is 0.769. The first-order valence-corrected chi connectivity index (χ1v) is 6.32. The molecule has 104 valence electrons. The van der Waals surface area contributed by atoms with Crippen LogP contribution in [0.3, 0.4) is 0 Å². The van der Waals surface area contributed by atoms with Crippen molar-refractivity contribution in [1.82, 2.24) is 20.0 Å². The van der Waals surface area contributed by atoms with Gasteiger partial charge in [0.1, 0.15) is 0 Å². The lowest BCUT2D eigenvalue weighted by molar-refractivity contribution is 0.132. The van der Waals surface area contributed by atoms with Crippen molar-refractivity contribution in [3.63, 3.8) is 0 Å². The molecule has 0 fully saturated rings. The number of ether oxygens (including phenoxy) is 1. The third-order valence-corrected chi connectivity index (χ3v) is 3.71. The molecule has 0 aromatic carbocycles. The van der Waals surface area contributed by atoms with Gasteiger partial charge in [0.2, 0.25) is 0 Å². The quantitative estimate of drug-likeness (QED) is 0.834. The first kappa shape index (κ1) is 15.0. The van der Waals surface area contributed by atoms with Crippen molar-refractivity contribution in [2.45, 2.75) is 32.4 Å². The topological polar surface area (TPSA) is 42.3 Å². The molecule has 0 aliphatic rings. The van der Waals surface area contributed by atoms with Crippen molar-refractivity contribution in [2.75, 3.05) is 27.7 Å². The summed E-state index contributed by atoms with van der Waals surface area (Å²) in [5, 5.41) is 7.84. The van der Waals surface area contributed by atoms with Gasteiger partial charge in [-0.1, -0.05) is 6.92 Å². The first-order valence-electron chi connectivity index (χ1n) is 6.32. The zero-order chi connectivity index (χ0) is 13.9. The van der Waals surface area contributed by atoms with Crippen molar-refractivity contribution in [3.05, 3.63) is 11.9 Å². The molecule has 0 amide bonds. The van der Waals surface area contributed by atoms with Crippen LogP contribution in [0.2, 0.25) is 0 Å². The maximum absolute atomic E-state index is 5.43. The predicted octanol–water partition coefficient (Wildman–Crippen LogP) is 1.42. The van der Waals surface area contributed by atoms with Crippen LogP contribution < -0.4 is 10.1 Å². The van der Waals surface area contributed by atoms with Crippen molar-refractivity contribution < 1.29 is 4.74 Å². The van der Waals surface area contributed by atoms with Gasteiger partial charge in [-0.3, -0.25) is 4.68 Å². The van der Waals surface area contributed by atoms with Gasteiger partial charge in [0.25, 0.3) is 0 Å². The fourth-order valence-corrected chi connectivity index (χ4v) is 2.06. The number of aryl methyl sites for hydroxylation is 1. The van der Waals surface area contributed by atoms with Crippen LogP contribution in [0.25, 0.3) is 0 Å². The molecule has 18 heavy (non-hydrogen) atoms. The van der Waals surface area contributed by atoms with Gasteiger partial charge in [-0.05, 0) is 34.5 Å². The molecule has 0 spiro atoms. The number of aromatic nitrogens is 2. The van der Waals surface area contributed by atoms with Crippen molar-refractivity contribution in [1.29, 1.82) is 0 Å². The molecule has 1 heterocycles. The number of hydrogen-bond donors (Lipinski definition) is 1. The van der Waals surface area contributed by atoms with E-state index in [1.165, 1.54) is 0 Å². The van der Waals surface area contributed by atoms with E-state index < -0.39 is 0 Å². The van der Waals surface area contributed by atoms with Gasteiger partial charge >= 0.3 is 0 Å². The van der Waals surface area contributed by atoms with E-state index in [1.54, 1.807) is 13.3 Å². The minimum Gasteiger partial charge on any atom is -0.493 e. The Morgan fingerprint density at radius 1 is 1.50 bits per heavy atom. The molecule has 1 N–H and O–H groups in total. The zero-order valence-electron chi connectivity index (χ0n) is 12.6. The summed E-state index contributed by atoms with van der Waals surface area (Å²) in [6.07, 6.45) is 1.77. The van der Waals surface area contributed by atoms with E-state index in [4.69, 9.17) is 4.74 Å². The van der Waals surface area contributed by atoms with E-state index in [2.05, 4.69) is 50.2 Å². The van der Waals surface area contributed by atoms with Gasteiger partial charge < -0.3 is 15.0 Å². The number of likely N-dealkylation sites (N-methyl/N-ethyl adjacent to an activating group) is 2. The molecule has 5 heteroatoms. The van der Waals surface area contributed by atoms with E-state index in [0.717, 1.165) is 18.0 Å². The Kier molecular flexibility index (Phi) is 4.76. The third kappa shape index (κ3) is 2.67. The minimum atomic E-state index is -0.0446. The molecule has 0 saturated heterocycles. The molecule has 0 saturated carbocycles. The van der Waals surface area contributed by atoms with E-state index >= 15 is 0 Å². The van der Waals surface area contributed by atoms with Crippen LogP contribution in [-0.2, 0) is 7.05 Å². The predicted molar refractivity (Wildman–Crippen MR) is 73.9 cm³/mol. The number of nitrogens with zero attached hydrogens (tertiary/aromatic N) is 3. The van der Waals surface area contributed by atoms with Gasteiger partial charge in [0, 0.05) is 12.6 Å². The molecule has 0 aliphatic carbocycles. The molecule has 1 aromatic heterocycles. The lowest BCUT2D eigenvalue weighted by atomic mass is 9.90. The van der Waals surface area contributed by atoms with E-state index in [1.807, 2.05) is 11.7 Å². The van der Waals surface area contributed by atoms with Crippen molar-refractivity contribution in [2.24, 2.45) is 7.05 Å². The van der Waals surface area contributed by atoms with Gasteiger partial charge in [-0.25, -0.2) is 0 Å². The highest BCUT2D eigenvalue weighted by molar-refractivity contribution is 5.30. The van der Waals surface area contributed by atoms with Crippen molar-refractivity contribution >= 4 is 0 Å². The summed E-state index contributed by atoms with van der Waals surface area (Å²) in [6, 6.07) is 0.153. The van der Waals surface area contributed by atoms with E-state index in [9.17, 15) is 0 Å². The Morgan fingerprint density at radius 3 is 2.56 bits per heavy atom. The third-order valence-electron chi connectivity index (χ3n) is 3.71. The van der Waals surface area contributed by atoms with Crippen LogP contribution >= 0.6 is 0 Å².